The van der Waals surface area contributed by atoms with Crippen LogP contribution in [0.5, 0.6) is 0 Å². The van der Waals surface area contributed by atoms with Gasteiger partial charge in [-0.05, 0) is 38.5 Å². The van der Waals surface area contributed by atoms with Gasteiger partial charge in [0.15, 0.2) is 6.10 Å². The first-order valence-corrected chi connectivity index (χ1v) is 40.9. The van der Waals surface area contributed by atoms with E-state index in [4.69, 9.17) is 18.5 Å². The van der Waals surface area contributed by atoms with Crippen molar-refractivity contribution in [2.24, 2.45) is 0 Å². The zero-order valence-electron chi connectivity index (χ0n) is 60.0. The second-order valence-electron chi connectivity index (χ2n) is 28.4. The lowest BCUT2D eigenvalue weighted by atomic mass is 10.0. The van der Waals surface area contributed by atoms with Crippen LogP contribution in [-0.4, -0.2) is 70.0 Å². The van der Waals surface area contributed by atoms with Crippen LogP contribution in [0.15, 0.2) is 12.2 Å². The van der Waals surface area contributed by atoms with Gasteiger partial charge in [-0.25, -0.2) is 0 Å². The van der Waals surface area contributed by atoms with E-state index >= 15 is 0 Å². The van der Waals surface area contributed by atoms with Crippen LogP contribution in [-0.2, 0) is 32.7 Å². The summed E-state index contributed by atoms with van der Waals surface area (Å²) in [7, 11) is 1.19. The first kappa shape index (κ1) is 86.8. The Hall–Kier alpha value is -1.25. The fourth-order valence-corrected chi connectivity index (χ4v) is 13.0. The maximum absolute atomic E-state index is 12.9. The number of phosphoric ester groups is 1. The third-order valence-electron chi connectivity index (χ3n) is 18.3. The maximum atomic E-state index is 12.9. The number of rotatable bonds is 75. The van der Waals surface area contributed by atoms with Gasteiger partial charge in [-0.1, -0.05) is 386 Å². The van der Waals surface area contributed by atoms with Crippen molar-refractivity contribution in [3.8, 4) is 0 Å². The Morgan fingerprint density at radius 2 is 0.580 bits per heavy atom. The average molecular weight is 1270 g/mol. The van der Waals surface area contributed by atoms with Gasteiger partial charge in [-0.3, -0.25) is 14.2 Å². The summed E-state index contributed by atoms with van der Waals surface area (Å²) in [6, 6.07) is 0. The summed E-state index contributed by atoms with van der Waals surface area (Å²) >= 11 is 0. The monoisotopic (exact) mass is 1260 g/mol. The summed E-state index contributed by atoms with van der Waals surface area (Å²) in [5.41, 5.74) is 0. The number of ether oxygens (including phenoxy) is 2. The van der Waals surface area contributed by atoms with Gasteiger partial charge in [0.2, 0.25) is 0 Å². The highest BCUT2D eigenvalue weighted by Gasteiger charge is 2.22. The van der Waals surface area contributed by atoms with Crippen molar-refractivity contribution in [1.29, 1.82) is 0 Å². The number of esters is 2. The fourth-order valence-electron chi connectivity index (χ4n) is 12.2. The quantitative estimate of drug-likeness (QED) is 0.0195. The maximum Gasteiger partial charge on any atom is 0.306 e. The number of unbranched alkanes of at least 4 members (excludes halogenated alkanes) is 59. The molecule has 0 aromatic carbocycles. The van der Waals surface area contributed by atoms with Gasteiger partial charge >= 0.3 is 11.9 Å². The number of carbonyl (C=O) groups excluding carboxylic acids is 2. The molecular weight excluding hydrogens is 1110 g/mol. The second-order valence-corrected chi connectivity index (χ2v) is 29.9. The highest BCUT2D eigenvalue weighted by atomic mass is 31.2. The molecule has 9 nitrogen and oxygen atoms in total. The molecule has 0 amide bonds. The van der Waals surface area contributed by atoms with Crippen molar-refractivity contribution in [2.75, 3.05) is 47.5 Å². The van der Waals surface area contributed by atoms with Crippen molar-refractivity contribution in [3.63, 3.8) is 0 Å². The van der Waals surface area contributed by atoms with E-state index in [9.17, 15) is 19.0 Å². The average Bonchev–Trinajstić information content (AvgIpc) is 3.57. The van der Waals surface area contributed by atoms with Crippen LogP contribution in [0.1, 0.15) is 425 Å². The molecule has 0 bridgehead atoms. The van der Waals surface area contributed by atoms with E-state index in [0.29, 0.717) is 17.4 Å². The number of likely N-dealkylation sites (N-methyl/N-ethyl adjacent to an activating group) is 1. The topological polar surface area (TPSA) is 111 Å². The first-order chi connectivity index (χ1) is 43.0. The number of nitrogens with zero attached hydrogens (tertiary/aromatic N) is 1. The van der Waals surface area contributed by atoms with Gasteiger partial charge < -0.3 is 27.9 Å². The minimum atomic E-state index is -4.64. The Kier molecular flexibility index (Phi) is 69.1. The molecule has 0 fully saturated rings. The van der Waals surface area contributed by atoms with Crippen LogP contribution < -0.4 is 4.89 Å². The summed E-state index contributed by atoms with van der Waals surface area (Å²) in [5, 5.41) is 0. The van der Waals surface area contributed by atoms with E-state index in [1.54, 1.807) is 0 Å². The van der Waals surface area contributed by atoms with E-state index < -0.39 is 26.5 Å². The van der Waals surface area contributed by atoms with Crippen molar-refractivity contribution >= 4 is 19.8 Å². The first-order valence-electron chi connectivity index (χ1n) is 39.4. The summed E-state index contributed by atoms with van der Waals surface area (Å²) in [4.78, 5) is 38.1. The molecule has 88 heavy (non-hydrogen) atoms. The number of hydrogen-bond acceptors (Lipinski definition) is 8. The lowest BCUT2D eigenvalue weighted by Crippen LogP contribution is -2.37. The Balaban J connectivity index is 3.86. The van der Waals surface area contributed by atoms with E-state index in [1.807, 2.05) is 21.1 Å². The Morgan fingerprint density at radius 1 is 0.341 bits per heavy atom. The van der Waals surface area contributed by atoms with Gasteiger partial charge in [-0.2, -0.15) is 0 Å². The Morgan fingerprint density at radius 3 is 0.841 bits per heavy atom. The summed E-state index contributed by atoms with van der Waals surface area (Å²) < 4.78 is 34.4. The molecule has 10 heteroatoms. The number of carbonyl (C=O) groups is 2. The summed E-state index contributed by atoms with van der Waals surface area (Å²) in [6.45, 7) is 4.33. The SMILES string of the molecule is CCCCCCCCCC/C=C\CCCCCCCCCCCCCCCC(=O)OC(COC(=O)CCCCCCCCCCCCCCCCCCCCCCCCCCCCCCCCCCCCCCCCC)COP(=O)([O-])OCC[N+](C)(C)C. The van der Waals surface area contributed by atoms with Crippen molar-refractivity contribution < 1.29 is 42.1 Å². The number of quaternary nitrogens is 1. The molecule has 0 saturated heterocycles. The molecule has 0 aromatic rings. The largest absolute Gasteiger partial charge is 0.756 e. The lowest BCUT2D eigenvalue weighted by molar-refractivity contribution is -0.870. The molecule has 0 aliphatic heterocycles. The van der Waals surface area contributed by atoms with Crippen LogP contribution in [0.25, 0.3) is 0 Å². The van der Waals surface area contributed by atoms with Crippen LogP contribution in [0.3, 0.4) is 0 Å². The van der Waals surface area contributed by atoms with Gasteiger partial charge in [0.1, 0.15) is 19.8 Å². The molecule has 0 radical (unpaired) electrons. The van der Waals surface area contributed by atoms with Gasteiger partial charge in [-0.15, -0.1) is 0 Å². The summed E-state index contributed by atoms with van der Waals surface area (Å²) in [6.07, 6.45) is 87.7. The number of hydrogen-bond donors (Lipinski definition) is 0. The molecule has 0 aliphatic carbocycles. The second kappa shape index (κ2) is 70.1. The lowest BCUT2D eigenvalue weighted by Gasteiger charge is -2.28. The highest BCUT2D eigenvalue weighted by Crippen LogP contribution is 2.38. The van der Waals surface area contributed by atoms with Gasteiger partial charge in [0.05, 0.1) is 27.7 Å². The minimum Gasteiger partial charge on any atom is -0.756 e. The van der Waals surface area contributed by atoms with Crippen LogP contribution in [0.4, 0.5) is 0 Å². The summed E-state index contributed by atoms with van der Waals surface area (Å²) in [5.74, 6) is -0.806. The zero-order chi connectivity index (χ0) is 64.1. The molecule has 0 heterocycles. The van der Waals surface area contributed by atoms with Crippen molar-refractivity contribution in [1.82, 2.24) is 0 Å². The van der Waals surface area contributed by atoms with E-state index in [-0.39, 0.29) is 32.0 Å². The van der Waals surface area contributed by atoms with Gasteiger partial charge in [0.25, 0.3) is 7.82 Å². The highest BCUT2D eigenvalue weighted by molar-refractivity contribution is 7.45. The molecule has 0 saturated carbocycles. The Bertz CT molecular complexity index is 1490. The molecule has 0 aliphatic rings. The third kappa shape index (κ3) is 73.8. The molecule has 0 rings (SSSR count). The Labute approximate surface area is 549 Å². The smallest absolute Gasteiger partial charge is 0.306 e. The van der Waals surface area contributed by atoms with Crippen LogP contribution >= 0.6 is 7.82 Å². The molecular formula is C78H154NO8P. The molecule has 0 N–H and O–H groups in total. The molecule has 2 atom stereocenters. The predicted molar refractivity (Wildman–Crippen MR) is 379 cm³/mol. The fraction of sp³-hybridized carbons (Fsp3) is 0.949. The number of phosphoric acid groups is 1. The normalized spacial score (nSPS) is 13.0. The van der Waals surface area contributed by atoms with E-state index in [0.717, 1.165) is 32.1 Å². The zero-order valence-corrected chi connectivity index (χ0v) is 60.9. The van der Waals surface area contributed by atoms with E-state index in [2.05, 4.69) is 26.0 Å². The third-order valence-corrected chi connectivity index (χ3v) is 19.2. The van der Waals surface area contributed by atoms with Crippen LogP contribution in [0.2, 0.25) is 0 Å². The van der Waals surface area contributed by atoms with Crippen LogP contribution in [0, 0.1) is 0 Å². The van der Waals surface area contributed by atoms with Crippen molar-refractivity contribution in [3.05, 3.63) is 12.2 Å². The standard InChI is InChI=1S/C78H154NO8P/c1-6-8-10-12-14-16-18-20-22-24-26-28-30-32-33-34-35-36-37-38-39-40-41-42-43-44-45-47-48-50-52-54-56-58-60-62-64-66-68-70-77(80)84-74-76(75-86-88(82,83)85-73-72-79(3,4)5)87-78(81)71-69-67-65-63-61-59-57-55-53-51-49-46-31-29-27-25-23-21-19-17-15-13-11-9-7-2/h25,27,76H,6-24,26,28-75H2,1-5H3/b27-25-. The predicted octanol–water partition coefficient (Wildman–Crippen LogP) is 25.2. The molecule has 524 valence electrons. The molecule has 2 unspecified atom stereocenters. The van der Waals surface area contributed by atoms with E-state index in [1.165, 1.54) is 360 Å². The van der Waals surface area contributed by atoms with Gasteiger partial charge in [0, 0.05) is 12.8 Å². The minimum absolute atomic E-state index is 0.0264. The molecule has 0 spiro atoms. The molecule has 0 aromatic heterocycles. The van der Waals surface area contributed by atoms with Crippen molar-refractivity contribution in [2.45, 2.75) is 431 Å². The number of allylic oxidation sites excluding steroid dienone is 2.